The van der Waals surface area contributed by atoms with E-state index in [1.165, 1.54) is 6.92 Å². The summed E-state index contributed by atoms with van der Waals surface area (Å²) in [6, 6.07) is 0.995. The van der Waals surface area contributed by atoms with Crippen molar-refractivity contribution in [2.45, 2.75) is 25.4 Å². The topological polar surface area (TPSA) is 150 Å². The van der Waals surface area contributed by atoms with Crippen LogP contribution in [0.2, 0.25) is 0 Å². The second-order valence-electron chi connectivity index (χ2n) is 5.99. The van der Waals surface area contributed by atoms with E-state index in [4.69, 9.17) is 18.6 Å². The molecule has 10 heteroatoms. The number of aliphatic hydroxyl groups is 1. The first kappa shape index (κ1) is 16.1. The van der Waals surface area contributed by atoms with Crippen molar-refractivity contribution >= 4 is 28.9 Å². The van der Waals surface area contributed by atoms with Crippen LogP contribution in [0.3, 0.4) is 0 Å². The van der Waals surface area contributed by atoms with Gasteiger partial charge in [0.1, 0.15) is 5.58 Å². The summed E-state index contributed by atoms with van der Waals surface area (Å²) in [5, 5.41) is 20.5. The number of carbonyl (C=O) groups is 3. The standard InChI is InChI=1S/C16H10O10/c1-5-10-7-2-6(17)12-13(10)26-15(21)16(22,4-9(19)25-12)3-8(18)24-11(5)14(20)23-7/h2,17,22H,3-4H2,1H3. The van der Waals surface area contributed by atoms with Crippen molar-refractivity contribution in [3.8, 4) is 23.0 Å². The molecule has 0 saturated heterocycles. The minimum absolute atomic E-state index is 0.0347. The van der Waals surface area contributed by atoms with Gasteiger partial charge in [-0.25, -0.2) is 9.59 Å². The van der Waals surface area contributed by atoms with E-state index in [1.54, 1.807) is 0 Å². The molecule has 1 atom stereocenters. The maximum Gasteiger partial charge on any atom is 0.380 e. The number of aryl methyl sites for hydroxylation is 1. The Kier molecular flexibility index (Phi) is 3.13. The van der Waals surface area contributed by atoms with Crippen molar-refractivity contribution in [3.63, 3.8) is 0 Å². The molecule has 3 heterocycles. The Balaban J connectivity index is 2.19. The molecule has 4 bridgehead atoms. The van der Waals surface area contributed by atoms with Gasteiger partial charge in [0, 0.05) is 11.6 Å². The van der Waals surface area contributed by atoms with Crippen molar-refractivity contribution in [1.29, 1.82) is 0 Å². The lowest BCUT2D eigenvalue weighted by atomic mass is 9.94. The van der Waals surface area contributed by atoms with Gasteiger partial charge in [-0.3, -0.25) is 9.59 Å². The van der Waals surface area contributed by atoms with E-state index in [1.807, 2.05) is 0 Å². The predicted octanol–water partition coefficient (Wildman–Crippen LogP) is 0.0617. The van der Waals surface area contributed by atoms with Gasteiger partial charge in [-0.1, -0.05) is 0 Å². The van der Waals surface area contributed by atoms with Gasteiger partial charge in [0.25, 0.3) is 0 Å². The van der Waals surface area contributed by atoms with E-state index in [9.17, 15) is 29.4 Å². The Bertz CT molecular complexity index is 1080. The highest BCUT2D eigenvalue weighted by Gasteiger charge is 2.47. The van der Waals surface area contributed by atoms with Gasteiger partial charge in [-0.05, 0) is 6.92 Å². The van der Waals surface area contributed by atoms with Gasteiger partial charge in [-0.15, -0.1) is 0 Å². The SMILES string of the molecule is Cc1c2c(=O)oc3cc(O)c4c(c13)OC(=O)C(O)(CC(=O)O4)CC(=O)O2. The molecule has 0 amide bonds. The Labute approximate surface area is 143 Å². The Hall–Kier alpha value is -3.40. The molecule has 1 aromatic heterocycles. The van der Waals surface area contributed by atoms with E-state index in [-0.39, 0.29) is 16.5 Å². The fourth-order valence-electron chi connectivity index (χ4n) is 2.94. The van der Waals surface area contributed by atoms with E-state index in [0.29, 0.717) is 0 Å². The van der Waals surface area contributed by atoms with Crippen molar-refractivity contribution < 1.29 is 43.2 Å². The maximum atomic E-state index is 12.4. The van der Waals surface area contributed by atoms with Crippen LogP contribution < -0.4 is 19.8 Å². The number of hydrogen-bond acceptors (Lipinski definition) is 10. The zero-order chi connectivity index (χ0) is 18.8. The number of phenolic OH excluding ortho intramolecular Hbond substituents is 1. The van der Waals surface area contributed by atoms with Crippen LogP contribution in [0, 0.1) is 6.92 Å². The molecular weight excluding hydrogens is 352 g/mol. The highest BCUT2D eigenvalue weighted by Crippen LogP contribution is 2.47. The molecule has 26 heavy (non-hydrogen) atoms. The molecule has 0 saturated carbocycles. The molecule has 0 aliphatic carbocycles. The molecule has 1 aromatic carbocycles. The summed E-state index contributed by atoms with van der Waals surface area (Å²) in [5.41, 5.74) is -3.70. The highest BCUT2D eigenvalue weighted by molar-refractivity contribution is 6.00. The Morgan fingerprint density at radius 2 is 1.58 bits per heavy atom. The summed E-state index contributed by atoms with van der Waals surface area (Å²) < 4.78 is 20.1. The molecule has 134 valence electrons. The average molecular weight is 362 g/mol. The summed E-state index contributed by atoms with van der Waals surface area (Å²) in [6.07, 6.45) is -1.87. The zero-order valence-corrected chi connectivity index (χ0v) is 13.2. The summed E-state index contributed by atoms with van der Waals surface area (Å²) in [5.74, 6) is -5.53. The molecule has 2 aliphatic heterocycles. The van der Waals surface area contributed by atoms with Crippen molar-refractivity contribution in [3.05, 3.63) is 22.0 Å². The number of hydrogen-bond donors (Lipinski definition) is 2. The minimum atomic E-state index is -2.56. The second-order valence-corrected chi connectivity index (χ2v) is 5.99. The fraction of sp³-hybridized carbons (Fsp3) is 0.250. The molecular formula is C16H10O10. The van der Waals surface area contributed by atoms with Gasteiger partial charge in [0.05, 0.1) is 18.2 Å². The third-order valence-corrected chi connectivity index (χ3v) is 4.16. The first-order valence-electron chi connectivity index (χ1n) is 7.39. The van der Waals surface area contributed by atoms with Crippen LogP contribution in [0.1, 0.15) is 18.4 Å². The molecule has 0 fully saturated rings. The first-order valence-corrected chi connectivity index (χ1v) is 7.39. The number of esters is 3. The number of rotatable bonds is 0. The van der Waals surface area contributed by atoms with E-state index in [0.717, 1.165) is 6.07 Å². The van der Waals surface area contributed by atoms with Crippen LogP contribution in [-0.4, -0.2) is 33.7 Å². The van der Waals surface area contributed by atoms with E-state index < -0.39 is 65.0 Å². The maximum absolute atomic E-state index is 12.4. The van der Waals surface area contributed by atoms with Gasteiger partial charge in [0.2, 0.25) is 11.5 Å². The van der Waals surface area contributed by atoms with Crippen molar-refractivity contribution in [2.75, 3.05) is 0 Å². The highest BCUT2D eigenvalue weighted by atomic mass is 16.6. The summed E-state index contributed by atoms with van der Waals surface area (Å²) in [6.45, 7) is 1.39. The summed E-state index contributed by atoms with van der Waals surface area (Å²) in [7, 11) is 0. The number of ether oxygens (including phenoxy) is 3. The average Bonchev–Trinajstić information content (AvgIpc) is 2.52. The molecule has 10 nitrogen and oxygen atoms in total. The lowest BCUT2D eigenvalue weighted by Gasteiger charge is -2.28. The molecule has 1 unspecified atom stereocenters. The van der Waals surface area contributed by atoms with Crippen LogP contribution in [0.15, 0.2) is 15.3 Å². The smallest absolute Gasteiger partial charge is 0.380 e. The van der Waals surface area contributed by atoms with Crippen LogP contribution in [0.5, 0.6) is 23.0 Å². The molecule has 2 aliphatic rings. The Morgan fingerprint density at radius 1 is 0.962 bits per heavy atom. The quantitative estimate of drug-likeness (QED) is 0.374. The lowest BCUT2D eigenvalue weighted by molar-refractivity contribution is -0.168. The van der Waals surface area contributed by atoms with Crippen LogP contribution in [0.4, 0.5) is 0 Å². The predicted molar refractivity (Wildman–Crippen MR) is 80.0 cm³/mol. The number of benzene rings is 1. The van der Waals surface area contributed by atoms with Crippen LogP contribution >= 0.6 is 0 Å². The number of carbonyl (C=O) groups excluding carboxylic acids is 3. The number of fused-ring (bicyclic) bond motifs is 3. The largest absolute Gasteiger partial charge is 0.504 e. The monoisotopic (exact) mass is 362 g/mol. The normalized spacial score (nSPS) is 22.0. The van der Waals surface area contributed by atoms with E-state index >= 15 is 0 Å². The third-order valence-electron chi connectivity index (χ3n) is 4.16. The third kappa shape index (κ3) is 2.15. The second kappa shape index (κ2) is 5.05. The molecule has 4 rings (SSSR count). The van der Waals surface area contributed by atoms with Crippen LogP contribution in [-0.2, 0) is 14.4 Å². The first-order chi connectivity index (χ1) is 12.2. The number of aromatic hydroxyl groups is 1. The summed E-state index contributed by atoms with van der Waals surface area (Å²) >= 11 is 0. The fourth-order valence-corrected chi connectivity index (χ4v) is 2.94. The molecule has 0 radical (unpaired) electrons. The van der Waals surface area contributed by atoms with Gasteiger partial charge in [0.15, 0.2) is 17.1 Å². The van der Waals surface area contributed by atoms with Gasteiger partial charge in [-0.2, -0.15) is 0 Å². The summed E-state index contributed by atoms with van der Waals surface area (Å²) in [4.78, 5) is 48.7. The Morgan fingerprint density at radius 3 is 2.23 bits per heavy atom. The minimum Gasteiger partial charge on any atom is -0.504 e. The molecule has 2 aromatic rings. The van der Waals surface area contributed by atoms with Gasteiger partial charge < -0.3 is 28.8 Å². The molecule has 2 N–H and O–H groups in total. The lowest BCUT2D eigenvalue weighted by Crippen LogP contribution is -2.48. The molecule has 0 spiro atoms. The van der Waals surface area contributed by atoms with Crippen molar-refractivity contribution in [1.82, 2.24) is 0 Å². The van der Waals surface area contributed by atoms with Crippen molar-refractivity contribution in [2.24, 2.45) is 0 Å². The van der Waals surface area contributed by atoms with Gasteiger partial charge >= 0.3 is 23.5 Å². The van der Waals surface area contributed by atoms with Crippen LogP contribution in [0.25, 0.3) is 11.0 Å². The number of phenols is 1. The van der Waals surface area contributed by atoms with E-state index in [2.05, 4.69) is 0 Å². The zero-order valence-electron chi connectivity index (χ0n) is 13.2.